The van der Waals surface area contributed by atoms with E-state index in [4.69, 9.17) is 0 Å². The van der Waals surface area contributed by atoms with E-state index >= 15 is 0 Å². The lowest BCUT2D eigenvalue weighted by Crippen LogP contribution is -1.89. The summed E-state index contributed by atoms with van der Waals surface area (Å²) in [7, 11) is 1.96. The van der Waals surface area contributed by atoms with Gasteiger partial charge in [-0.2, -0.15) is 0 Å². The molecule has 1 heterocycles. The number of benzene rings is 1. The zero-order valence-electron chi connectivity index (χ0n) is 9.25. The number of nitrogens with zero attached hydrogens (tertiary/aromatic N) is 3. The molecule has 1 aromatic carbocycles. The minimum Gasteiger partial charge on any atom is -0.312 e. The Morgan fingerprint density at radius 2 is 2.00 bits per heavy atom. The summed E-state index contributed by atoms with van der Waals surface area (Å²) in [5.74, 6) is 0.932. The van der Waals surface area contributed by atoms with E-state index in [9.17, 15) is 0 Å². The van der Waals surface area contributed by atoms with Crippen LogP contribution >= 0.6 is 23.5 Å². The van der Waals surface area contributed by atoms with Crippen molar-refractivity contribution in [3.8, 4) is 0 Å². The van der Waals surface area contributed by atoms with Gasteiger partial charge in [-0.3, -0.25) is 0 Å². The van der Waals surface area contributed by atoms with Crippen molar-refractivity contribution in [3.05, 3.63) is 36.2 Å². The highest BCUT2D eigenvalue weighted by molar-refractivity contribution is 7.98. The maximum Gasteiger partial charge on any atom is 0.191 e. The summed E-state index contributed by atoms with van der Waals surface area (Å²) in [5, 5.41) is 8.84. The molecule has 0 saturated heterocycles. The molecule has 0 unspecified atom stereocenters. The van der Waals surface area contributed by atoms with Crippen LogP contribution in [0.5, 0.6) is 0 Å². The molecule has 16 heavy (non-hydrogen) atoms. The molecule has 0 bridgehead atoms. The summed E-state index contributed by atoms with van der Waals surface area (Å²) in [6, 6.07) is 8.62. The Bertz CT molecular complexity index is 451. The van der Waals surface area contributed by atoms with Crippen LogP contribution in [0, 0.1) is 0 Å². The molecule has 0 aliphatic heterocycles. The monoisotopic (exact) mass is 251 g/mol. The molecule has 0 radical (unpaired) electrons. The standard InChI is InChI=1S/C11H13N3S2/c1-14-8-12-13-11(14)16-7-9-3-5-10(15-2)6-4-9/h3-6,8H,7H2,1-2H3. The lowest BCUT2D eigenvalue weighted by Gasteiger charge is -2.02. The van der Waals surface area contributed by atoms with Crippen LogP contribution in [-0.2, 0) is 12.8 Å². The Morgan fingerprint density at radius 1 is 1.25 bits per heavy atom. The first-order chi connectivity index (χ1) is 7.79. The smallest absolute Gasteiger partial charge is 0.191 e. The number of aryl methyl sites for hydroxylation is 1. The fourth-order valence-electron chi connectivity index (χ4n) is 1.27. The molecule has 0 saturated carbocycles. The van der Waals surface area contributed by atoms with Gasteiger partial charge in [-0.1, -0.05) is 23.9 Å². The predicted molar refractivity (Wildman–Crippen MR) is 68.8 cm³/mol. The van der Waals surface area contributed by atoms with Gasteiger partial charge >= 0.3 is 0 Å². The highest BCUT2D eigenvalue weighted by Gasteiger charge is 2.01. The first-order valence-electron chi connectivity index (χ1n) is 4.89. The van der Waals surface area contributed by atoms with Crippen LogP contribution < -0.4 is 0 Å². The minimum absolute atomic E-state index is 0.932. The molecule has 1 aromatic heterocycles. The normalized spacial score (nSPS) is 10.6. The van der Waals surface area contributed by atoms with Crippen molar-refractivity contribution in [1.29, 1.82) is 0 Å². The van der Waals surface area contributed by atoms with Gasteiger partial charge < -0.3 is 4.57 Å². The number of hydrogen-bond acceptors (Lipinski definition) is 4. The van der Waals surface area contributed by atoms with Gasteiger partial charge in [0.25, 0.3) is 0 Å². The second-order valence-corrected chi connectivity index (χ2v) is 5.18. The van der Waals surface area contributed by atoms with Gasteiger partial charge in [0, 0.05) is 17.7 Å². The molecule has 0 aliphatic rings. The topological polar surface area (TPSA) is 30.7 Å². The van der Waals surface area contributed by atoms with Crippen LogP contribution in [0.1, 0.15) is 5.56 Å². The lowest BCUT2D eigenvalue weighted by atomic mass is 10.2. The number of aromatic nitrogens is 3. The van der Waals surface area contributed by atoms with Crippen LogP contribution in [0.15, 0.2) is 40.6 Å². The Balaban J connectivity index is 1.97. The van der Waals surface area contributed by atoms with Crippen molar-refractivity contribution in [1.82, 2.24) is 14.8 Å². The average Bonchev–Trinajstić information content (AvgIpc) is 2.73. The molecule has 0 amide bonds. The fourth-order valence-corrected chi connectivity index (χ4v) is 2.53. The first kappa shape index (κ1) is 11.5. The zero-order chi connectivity index (χ0) is 11.4. The number of rotatable bonds is 4. The Hall–Kier alpha value is -0.940. The largest absolute Gasteiger partial charge is 0.312 e. The third kappa shape index (κ3) is 2.80. The molecular formula is C11H13N3S2. The first-order valence-corrected chi connectivity index (χ1v) is 7.10. The quantitative estimate of drug-likeness (QED) is 0.782. The van der Waals surface area contributed by atoms with Crippen LogP contribution in [0.25, 0.3) is 0 Å². The van der Waals surface area contributed by atoms with E-state index in [1.165, 1.54) is 10.5 Å². The van der Waals surface area contributed by atoms with Gasteiger partial charge in [0.2, 0.25) is 0 Å². The highest BCUT2D eigenvalue weighted by Crippen LogP contribution is 2.21. The van der Waals surface area contributed by atoms with Gasteiger partial charge in [-0.05, 0) is 24.0 Å². The second kappa shape index (κ2) is 5.41. The van der Waals surface area contributed by atoms with Crippen molar-refractivity contribution in [2.45, 2.75) is 15.8 Å². The molecule has 0 spiro atoms. The SMILES string of the molecule is CSc1ccc(CSc2nncn2C)cc1. The maximum atomic E-state index is 4.04. The Kier molecular flexibility index (Phi) is 3.90. The molecule has 84 valence electrons. The second-order valence-electron chi connectivity index (χ2n) is 3.36. The Morgan fingerprint density at radius 3 is 2.56 bits per heavy atom. The lowest BCUT2D eigenvalue weighted by molar-refractivity contribution is 0.788. The minimum atomic E-state index is 0.932. The van der Waals surface area contributed by atoms with Gasteiger partial charge in [-0.25, -0.2) is 0 Å². The van der Waals surface area contributed by atoms with Gasteiger partial charge in [0.15, 0.2) is 5.16 Å². The summed E-state index contributed by atoms with van der Waals surface area (Å²) in [4.78, 5) is 1.30. The third-order valence-electron chi connectivity index (χ3n) is 2.20. The van der Waals surface area contributed by atoms with Crippen LogP contribution in [0.4, 0.5) is 0 Å². The van der Waals surface area contributed by atoms with Crippen LogP contribution in [0.3, 0.4) is 0 Å². The van der Waals surface area contributed by atoms with E-state index < -0.39 is 0 Å². The van der Waals surface area contributed by atoms with Crippen LogP contribution in [-0.4, -0.2) is 21.0 Å². The summed E-state index contributed by atoms with van der Waals surface area (Å²) < 4.78 is 1.93. The third-order valence-corrected chi connectivity index (χ3v) is 4.05. The summed E-state index contributed by atoms with van der Waals surface area (Å²) in [6.45, 7) is 0. The van der Waals surface area contributed by atoms with E-state index in [1.807, 2.05) is 11.6 Å². The molecule has 2 aromatic rings. The van der Waals surface area contributed by atoms with Gasteiger partial charge in [-0.15, -0.1) is 22.0 Å². The molecule has 0 aliphatic carbocycles. The van der Waals surface area contributed by atoms with Gasteiger partial charge in [0.05, 0.1) is 0 Å². The fraction of sp³-hybridized carbons (Fsp3) is 0.273. The van der Waals surface area contributed by atoms with E-state index in [2.05, 4.69) is 40.7 Å². The van der Waals surface area contributed by atoms with Crippen molar-refractivity contribution in [2.24, 2.45) is 7.05 Å². The number of hydrogen-bond donors (Lipinski definition) is 0. The van der Waals surface area contributed by atoms with Crippen molar-refractivity contribution in [2.75, 3.05) is 6.26 Å². The van der Waals surface area contributed by atoms with E-state index in [0.29, 0.717) is 0 Å². The van der Waals surface area contributed by atoms with Gasteiger partial charge in [0.1, 0.15) is 6.33 Å². The summed E-state index contributed by atoms with van der Waals surface area (Å²) >= 11 is 3.47. The highest BCUT2D eigenvalue weighted by atomic mass is 32.2. The van der Waals surface area contributed by atoms with Crippen molar-refractivity contribution < 1.29 is 0 Å². The van der Waals surface area contributed by atoms with Crippen molar-refractivity contribution >= 4 is 23.5 Å². The van der Waals surface area contributed by atoms with E-state index in [-0.39, 0.29) is 0 Å². The molecule has 0 fully saturated rings. The molecule has 2 rings (SSSR count). The molecule has 0 N–H and O–H groups in total. The average molecular weight is 251 g/mol. The Labute approximate surface area is 104 Å². The zero-order valence-corrected chi connectivity index (χ0v) is 10.9. The van der Waals surface area contributed by atoms with E-state index in [1.54, 1.807) is 29.9 Å². The molecular weight excluding hydrogens is 238 g/mol. The summed E-state index contributed by atoms with van der Waals surface area (Å²) in [5.41, 5.74) is 1.31. The molecule has 3 nitrogen and oxygen atoms in total. The van der Waals surface area contributed by atoms with Crippen molar-refractivity contribution in [3.63, 3.8) is 0 Å². The summed E-state index contributed by atoms with van der Waals surface area (Å²) in [6.07, 6.45) is 3.81. The molecule has 5 heteroatoms. The predicted octanol–water partition coefficient (Wildman–Crippen LogP) is 2.83. The van der Waals surface area contributed by atoms with E-state index in [0.717, 1.165) is 10.9 Å². The van der Waals surface area contributed by atoms with Crippen LogP contribution in [0.2, 0.25) is 0 Å². The molecule has 0 atom stereocenters. The number of thioether (sulfide) groups is 2. The maximum absolute atomic E-state index is 4.04.